The lowest BCUT2D eigenvalue weighted by molar-refractivity contribution is -0.129. The molecule has 1 aliphatic heterocycles. The van der Waals surface area contributed by atoms with E-state index in [9.17, 15) is 13.2 Å². The molecule has 25 heavy (non-hydrogen) atoms. The molecule has 0 atom stereocenters. The van der Waals surface area contributed by atoms with Gasteiger partial charge in [-0.2, -0.15) is 0 Å². The number of rotatable bonds is 8. The van der Waals surface area contributed by atoms with Crippen LogP contribution in [0.2, 0.25) is 0 Å². The Kier molecular flexibility index (Phi) is 6.94. The van der Waals surface area contributed by atoms with Crippen LogP contribution in [0, 0.1) is 13.8 Å². The first-order valence-electron chi connectivity index (χ1n) is 8.29. The molecular formula is C15H26N4O5S. The van der Waals surface area contributed by atoms with Gasteiger partial charge < -0.3 is 14.2 Å². The fourth-order valence-corrected chi connectivity index (χ4v) is 4.11. The zero-order valence-corrected chi connectivity index (χ0v) is 15.8. The summed E-state index contributed by atoms with van der Waals surface area (Å²) >= 11 is 0. The fraction of sp³-hybridized carbons (Fsp3) is 0.733. The van der Waals surface area contributed by atoms with Gasteiger partial charge in [-0.1, -0.05) is 5.16 Å². The van der Waals surface area contributed by atoms with Crippen LogP contribution in [0.1, 0.15) is 18.4 Å². The van der Waals surface area contributed by atoms with Gasteiger partial charge in [-0.3, -0.25) is 9.69 Å². The first-order valence-corrected chi connectivity index (χ1v) is 9.77. The fourth-order valence-electron chi connectivity index (χ4n) is 2.76. The molecular weight excluding hydrogens is 348 g/mol. The predicted molar refractivity (Wildman–Crippen MR) is 90.7 cm³/mol. The number of hydrogen-bond donors (Lipinski definition) is 1. The number of aromatic nitrogens is 1. The summed E-state index contributed by atoms with van der Waals surface area (Å²) in [6, 6.07) is 0. The van der Waals surface area contributed by atoms with Gasteiger partial charge in [0.1, 0.15) is 10.6 Å². The standard InChI is InChI=1S/C15H26N4O5S/c1-12-15(13(2)24-17-12)25(21,22)16-4-5-19(14(3)20)7-6-18-8-10-23-11-9-18/h16H,4-11H2,1-3H3. The number of morpholine rings is 1. The van der Waals surface area contributed by atoms with Crippen LogP contribution in [0.4, 0.5) is 0 Å². The molecule has 0 spiro atoms. The molecule has 0 bridgehead atoms. The van der Waals surface area contributed by atoms with E-state index in [1.165, 1.54) is 6.92 Å². The highest BCUT2D eigenvalue weighted by atomic mass is 32.2. The van der Waals surface area contributed by atoms with Gasteiger partial charge in [-0.15, -0.1) is 0 Å². The van der Waals surface area contributed by atoms with Crippen molar-refractivity contribution in [3.8, 4) is 0 Å². The van der Waals surface area contributed by atoms with Crippen LogP contribution in [-0.4, -0.2) is 81.8 Å². The molecule has 1 aliphatic rings. The van der Waals surface area contributed by atoms with Gasteiger partial charge in [0.2, 0.25) is 15.9 Å². The van der Waals surface area contributed by atoms with E-state index in [0.717, 1.165) is 19.6 Å². The summed E-state index contributed by atoms with van der Waals surface area (Å²) in [4.78, 5) is 15.7. The van der Waals surface area contributed by atoms with E-state index in [1.807, 2.05) is 0 Å². The van der Waals surface area contributed by atoms with E-state index in [1.54, 1.807) is 18.7 Å². The average Bonchev–Trinajstić information content (AvgIpc) is 2.90. The van der Waals surface area contributed by atoms with Gasteiger partial charge in [-0.05, 0) is 13.8 Å². The minimum absolute atomic E-state index is 0.0650. The Labute approximate surface area is 148 Å². The second-order valence-corrected chi connectivity index (χ2v) is 7.71. The molecule has 0 aromatic carbocycles. The zero-order chi connectivity index (χ0) is 18.4. The van der Waals surface area contributed by atoms with E-state index < -0.39 is 10.0 Å². The molecule has 1 aromatic rings. The molecule has 1 fully saturated rings. The van der Waals surface area contributed by atoms with Crippen molar-refractivity contribution in [2.24, 2.45) is 0 Å². The van der Waals surface area contributed by atoms with Gasteiger partial charge in [0.15, 0.2) is 5.76 Å². The van der Waals surface area contributed by atoms with Crippen molar-refractivity contribution in [3.63, 3.8) is 0 Å². The number of sulfonamides is 1. The van der Waals surface area contributed by atoms with Crippen molar-refractivity contribution in [2.75, 3.05) is 52.5 Å². The molecule has 2 rings (SSSR count). The largest absolute Gasteiger partial charge is 0.379 e. The van der Waals surface area contributed by atoms with Crippen LogP contribution in [0.25, 0.3) is 0 Å². The minimum atomic E-state index is -3.71. The molecule has 1 amide bonds. The lowest BCUT2D eigenvalue weighted by Crippen LogP contribution is -2.44. The topological polar surface area (TPSA) is 105 Å². The number of nitrogens with one attached hydrogen (secondary N) is 1. The maximum atomic E-state index is 12.4. The monoisotopic (exact) mass is 374 g/mol. The molecule has 1 N–H and O–H groups in total. The Balaban J connectivity index is 1.85. The van der Waals surface area contributed by atoms with Crippen molar-refractivity contribution in [1.82, 2.24) is 19.7 Å². The highest BCUT2D eigenvalue weighted by Crippen LogP contribution is 2.18. The van der Waals surface area contributed by atoms with Gasteiger partial charge in [-0.25, -0.2) is 13.1 Å². The van der Waals surface area contributed by atoms with E-state index in [0.29, 0.717) is 32.0 Å². The molecule has 1 aromatic heterocycles. The highest BCUT2D eigenvalue weighted by molar-refractivity contribution is 7.89. The number of carbonyl (C=O) groups excluding carboxylic acids is 1. The number of nitrogens with zero attached hydrogens (tertiary/aromatic N) is 3. The molecule has 2 heterocycles. The number of aryl methyl sites for hydroxylation is 2. The normalized spacial score (nSPS) is 16.1. The minimum Gasteiger partial charge on any atom is -0.379 e. The Morgan fingerprint density at radius 2 is 1.96 bits per heavy atom. The Morgan fingerprint density at radius 1 is 1.28 bits per heavy atom. The Bertz CT molecular complexity index is 663. The molecule has 142 valence electrons. The molecule has 0 radical (unpaired) electrons. The smallest absolute Gasteiger partial charge is 0.246 e. The lowest BCUT2D eigenvalue weighted by atomic mass is 10.3. The quantitative estimate of drug-likeness (QED) is 0.669. The number of hydrogen-bond acceptors (Lipinski definition) is 7. The van der Waals surface area contributed by atoms with Gasteiger partial charge in [0.05, 0.1) is 13.2 Å². The van der Waals surface area contributed by atoms with Gasteiger partial charge >= 0.3 is 0 Å². The maximum absolute atomic E-state index is 12.4. The van der Waals surface area contributed by atoms with Crippen LogP contribution in [-0.2, 0) is 19.6 Å². The van der Waals surface area contributed by atoms with Crippen molar-refractivity contribution >= 4 is 15.9 Å². The van der Waals surface area contributed by atoms with Crippen molar-refractivity contribution < 1.29 is 22.5 Å². The summed E-state index contributed by atoms with van der Waals surface area (Å²) in [5.74, 6) is 0.172. The molecule has 0 unspecified atom stereocenters. The summed E-state index contributed by atoms with van der Waals surface area (Å²) in [5, 5.41) is 3.66. The lowest BCUT2D eigenvalue weighted by Gasteiger charge is -2.29. The van der Waals surface area contributed by atoms with Crippen molar-refractivity contribution in [1.29, 1.82) is 0 Å². The Hall–Kier alpha value is -1.49. The summed E-state index contributed by atoms with van der Waals surface area (Å²) in [7, 11) is -3.71. The van der Waals surface area contributed by atoms with E-state index in [4.69, 9.17) is 9.26 Å². The average molecular weight is 374 g/mol. The first-order chi connectivity index (χ1) is 11.8. The SMILES string of the molecule is CC(=O)N(CCNS(=O)(=O)c1c(C)noc1C)CCN1CCOCC1. The van der Waals surface area contributed by atoms with Crippen molar-refractivity contribution in [2.45, 2.75) is 25.7 Å². The molecule has 9 nitrogen and oxygen atoms in total. The van der Waals surface area contributed by atoms with E-state index in [2.05, 4.69) is 14.8 Å². The summed E-state index contributed by atoms with van der Waals surface area (Å²) in [6.45, 7) is 9.49. The summed E-state index contributed by atoms with van der Waals surface area (Å²) in [6.07, 6.45) is 0. The number of ether oxygens (including phenoxy) is 1. The van der Waals surface area contributed by atoms with Crippen LogP contribution < -0.4 is 4.72 Å². The number of carbonyl (C=O) groups is 1. The first kappa shape index (κ1) is 19.8. The second kappa shape index (κ2) is 8.75. The number of amides is 1. The molecule has 0 aliphatic carbocycles. The van der Waals surface area contributed by atoms with Gasteiger partial charge in [0.25, 0.3) is 0 Å². The molecule has 1 saturated heterocycles. The van der Waals surface area contributed by atoms with Gasteiger partial charge in [0, 0.05) is 46.2 Å². The van der Waals surface area contributed by atoms with Crippen LogP contribution >= 0.6 is 0 Å². The third-order valence-corrected chi connectivity index (χ3v) is 5.85. The molecule has 0 saturated carbocycles. The third-order valence-electron chi connectivity index (χ3n) is 4.15. The Morgan fingerprint density at radius 3 is 2.52 bits per heavy atom. The predicted octanol–water partition coefficient (Wildman–Crippen LogP) is -0.250. The maximum Gasteiger partial charge on any atom is 0.246 e. The summed E-state index contributed by atoms with van der Waals surface area (Å²) < 4.78 is 37.4. The summed E-state index contributed by atoms with van der Waals surface area (Å²) in [5.41, 5.74) is 0.320. The van der Waals surface area contributed by atoms with Crippen LogP contribution in [0.15, 0.2) is 9.42 Å². The zero-order valence-electron chi connectivity index (χ0n) is 14.9. The third kappa shape index (κ3) is 5.50. The van der Waals surface area contributed by atoms with E-state index in [-0.39, 0.29) is 23.1 Å². The highest BCUT2D eigenvalue weighted by Gasteiger charge is 2.24. The van der Waals surface area contributed by atoms with Crippen LogP contribution in [0.3, 0.4) is 0 Å². The van der Waals surface area contributed by atoms with Crippen LogP contribution in [0.5, 0.6) is 0 Å². The second-order valence-electron chi connectivity index (χ2n) is 6.01. The van der Waals surface area contributed by atoms with E-state index >= 15 is 0 Å². The van der Waals surface area contributed by atoms with Crippen molar-refractivity contribution in [3.05, 3.63) is 11.5 Å². The molecule has 10 heteroatoms.